The first kappa shape index (κ1) is 19.8. The summed E-state index contributed by atoms with van der Waals surface area (Å²) >= 11 is 0. The second-order valence-corrected chi connectivity index (χ2v) is 7.70. The number of sulfonamides is 1. The lowest BCUT2D eigenvalue weighted by Gasteiger charge is -2.09. The van der Waals surface area contributed by atoms with Crippen molar-refractivity contribution in [3.05, 3.63) is 59.7 Å². The number of carbonyl (C=O) groups is 1. The molecule has 0 bridgehead atoms. The summed E-state index contributed by atoms with van der Waals surface area (Å²) in [6.07, 6.45) is 3.21. The molecule has 1 amide bonds. The molecule has 26 heavy (non-hydrogen) atoms. The van der Waals surface area contributed by atoms with Crippen molar-refractivity contribution in [2.45, 2.75) is 19.8 Å². The summed E-state index contributed by atoms with van der Waals surface area (Å²) in [4.78, 5) is 12.1. The van der Waals surface area contributed by atoms with Crippen molar-refractivity contribution in [3.8, 4) is 5.75 Å². The molecule has 0 aliphatic carbocycles. The summed E-state index contributed by atoms with van der Waals surface area (Å²) < 4.78 is 30.5. The lowest BCUT2D eigenvalue weighted by molar-refractivity contribution is 0.0947. The maximum absolute atomic E-state index is 12.1. The highest BCUT2D eigenvalue weighted by atomic mass is 32.2. The molecule has 0 saturated heterocycles. The van der Waals surface area contributed by atoms with Crippen LogP contribution in [0.3, 0.4) is 0 Å². The highest BCUT2D eigenvalue weighted by Gasteiger charge is 2.08. The number of anilines is 1. The van der Waals surface area contributed by atoms with Gasteiger partial charge in [0.25, 0.3) is 5.91 Å². The Hall–Kier alpha value is -2.54. The normalized spacial score (nSPS) is 11.0. The molecular weight excluding hydrogens is 352 g/mol. The number of hydrogen-bond acceptors (Lipinski definition) is 4. The molecule has 0 aliphatic heterocycles. The molecule has 2 aromatic rings. The Morgan fingerprint density at radius 3 is 2.50 bits per heavy atom. The van der Waals surface area contributed by atoms with Crippen LogP contribution in [0, 0.1) is 0 Å². The minimum atomic E-state index is -3.38. The third kappa shape index (κ3) is 6.76. The first-order valence-electron chi connectivity index (χ1n) is 8.45. The van der Waals surface area contributed by atoms with Crippen molar-refractivity contribution in [2.24, 2.45) is 0 Å². The van der Waals surface area contributed by atoms with Gasteiger partial charge in [0.15, 0.2) is 0 Å². The van der Waals surface area contributed by atoms with E-state index in [1.807, 2.05) is 24.3 Å². The van der Waals surface area contributed by atoms with E-state index in [-0.39, 0.29) is 5.91 Å². The fourth-order valence-corrected chi connectivity index (χ4v) is 2.97. The second kappa shape index (κ2) is 9.24. The summed E-state index contributed by atoms with van der Waals surface area (Å²) in [5.74, 6) is 0.475. The van der Waals surface area contributed by atoms with Gasteiger partial charge in [-0.25, -0.2) is 8.42 Å². The second-order valence-electron chi connectivity index (χ2n) is 5.95. The molecule has 7 heteroatoms. The number of ether oxygens (including phenoxy) is 1. The van der Waals surface area contributed by atoms with Crippen LogP contribution in [0.1, 0.15) is 29.3 Å². The molecule has 0 aromatic heterocycles. The number of amides is 1. The summed E-state index contributed by atoms with van der Waals surface area (Å²) in [6.45, 7) is 2.83. The Morgan fingerprint density at radius 1 is 1.12 bits per heavy atom. The fraction of sp³-hybridized carbons (Fsp3) is 0.316. The lowest BCUT2D eigenvalue weighted by atomic mass is 10.1. The van der Waals surface area contributed by atoms with Gasteiger partial charge in [0.2, 0.25) is 10.0 Å². The van der Waals surface area contributed by atoms with Crippen LogP contribution in [0.25, 0.3) is 0 Å². The van der Waals surface area contributed by atoms with Gasteiger partial charge in [-0.3, -0.25) is 9.52 Å². The van der Waals surface area contributed by atoms with Crippen LogP contribution >= 0.6 is 0 Å². The van der Waals surface area contributed by atoms with E-state index in [4.69, 9.17) is 4.74 Å². The molecule has 140 valence electrons. The number of aryl methyl sites for hydroxylation is 1. The monoisotopic (exact) mass is 376 g/mol. The maximum atomic E-state index is 12.1. The van der Waals surface area contributed by atoms with Crippen molar-refractivity contribution >= 4 is 21.6 Å². The molecule has 0 atom stereocenters. The van der Waals surface area contributed by atoms with Crippen LogP contribution in [-0.4, -0.2) is 33.7 Å². The van der Waals surface area contributed by atoms with Crippen molar-refractivity contribution in [2.75, 3.05) is 24.1 Å². The first-order chi connectivity index (χ1) is 12.4. The van der Waals surface area contributed by atoms with Crippen molar-refractivity contribution in [1.29, 1.82) is 0 Å². The van der Waals surface area contributed by atoms with Gasteiger partial charge < -0.3 is 10.1 Å². The topological polar surface area (TPSA) is 84.5 Å². The highest BCUT2D eigenvalue weighted by molar-refractivity contribution is 7.92. The van der Waals surface area contributed by atoms with E-state index in [1.165, 1.54) is 11.6 Å². The smallest absolute Gasteiger partial charge is 0.251 e. The minimum absolute atomic E-state index is 0.288. The molecule has 0 saturated carbocycles. The van der Waals surface area contributed by atoms with E-state index >= 15 is 0 Å². The molecule has 0 fully saturated rings. The zero-order chi connectivity index (χ0) is 19.0. The van der Waals surface area contributed by atoms with Crippen LogP contribution in [0.2, 0.25) is 0 Å². The zero-order valence-electron chi connectivity index (χ0n) is 15.0. The molecule has 0 aliphatic rings. The number of nitrogens with one attached hydrogen (secondary N) is 2. The molecule has 0 radical (unpaired) electrons. The van der Waals surface area contributed by atoms with Crippen LogP contribution < -0.4 is 14.8 Å². The highest BCUT2D eigenvalue weighted by Crippen LogP contribution is 2.14. The van der Waals surface area contributed by atoms with Gasteiger partial charge in [-0.1, -0.05) is 31.5 Å². The van der Waals surface area contributed by atoms with E-state index in [0.717, 1.165) is 24.8 Å². The minimum Gasteiger partial charge on any atom is -0.492 e. The van der Waals surface area contributed by atoms with Crippen LogP contribution in [0.5, 0.6) is 5.75 Å². The molecule has 0 spiro atoms. The molecular formula is C19H24N2O4S. The molecule has 2 rings (SSSR count). The van der Waals surface area contributed by atoms with E-state index in [0.29, 0.717) is 24.4 Å². The van der Waals surface area contributed by atoms with Gasteiger partial charge in [-0.15, -0.1) is 0 Å². The molecule has 6 nitrogen and oxygen atoms in total. The van der Waals surface area contributed by atoms with Gasteiger partial charge in [0.1, 0.15) is 12.4 Å². The lowest BCUT2D eigenvalue weighted by Crippen LogP contribution is -2.28. The standard InChI is InChI=1S/C19H24N2O4S/c1-3-5-15-8-10-18(11-9-15)25-13-12-20-19(22)16-6-4-7-17(14-16)21-26(2,23)24/h4,6-11,14,21H,3,5,12-13H2,1-2H3,(H,20,22). The fourth-order valence-electron chi connectivity index (χ4n) is 2.41. The zero-order valence-corrected chi connectivity index (χ0v) is 15.8. The quantitative estimate of drug-likeness (QED) is 0.659. The van der Waals surface area contributed by atoms with Gasteiger partial charge in [0.05, 0.1) is 12.8 Å². The molecule has 0 unspecified atom stereocenters. The molecule has 2 N–H and O–H groups in total. The number of carbonyl (C=O) groups excluding carboxylic acids is 1. The third-order valence-corrected chi connectivity index (χ3v) is 4.15. The van der Waals surface area contributed by atoms with Gasteiger partial charge in [0, 0.05) is 11.3 Å². The van der Waals surface area contributed by atoms with Gasteiger partial charge in [-0.2, -0.15) is 0 Å². The Balaban J connectivity index is 1.80. The Bertz CT molecular complexity index is 833. The predicted molar refractivity (Wildman–Crippen MR) is 103 cm³/mol. The van der Waals surface area contributed by atoms with Crippen LogP contribution in [-0.2, 0) is 16.4 Å². The molecule has 0 heterocycles. The van der Waals surface area contributed by atoms with Crippen molar-refractivity contribution in [1.82, 2.24) is 5.32 Å². The summed E-state index contributed by atoms with van der Waals surface area (Å²) in [6, 6.07) is 14.2. The van der Waals surface area contributed by atoms with Crippen molar-refractivity contribution in [3.63, 3.8) is 0 Å². The third-order valence-electron chi connectivity index (χ3n) is 3.55. The maximum Gasteiger partial charge on any atom is 0.251 e. The molecule has 2 aromatic carbocycles. The summed E-state index contributed by atoms with van der Waals surface area (Å²) in [5, 5.41) is 2.75. The van der Waals surface area contributed by atoms with E-state index in [9.17, 15) is 13.2 Å². The van der Waals surface area contributed by atoms with E-state index in [1.54, 1.807) is 18.2 Å². The Morgan fingerprint density at radius 2 is 1.85 bits per heavy atom. The average molecular weight is 376 g/mol. The summed E-state index contributed by atoms with van der Waals surface area (Å²) in [7, 11) is -3.38. The SMILES string of the molecule is CCCc1ccc(OCCNC(=O)c2cccc(NS(C)(=O)=O)c2)cc1. The van der Waals surface area contributed by atoms with Gasteiger partial charge >= 0.3 is 0 Å². The Labute approximate surface area is 154 Å². The Kier molecular flexibility index (Phi) is 7.03. The summed E-state index contributed by atoms with van der Waals surface area (Å²) in [5.41, 5.74) is 2.00. The van der Waals surface area contributed by atoms with E-state index < -0.39 is 10.0 Å². The van der Waals surface area contributed by atoms with Crippen molar-refractivity contribution < 1.29 is 17.9 Å². The predicted octanol–water partition coefficient (Wildman–Crippen LogP) is 2.82. The van der Waals surface area contributed by atoms with Crippen LogP contribution in [0.15, 0.2) is 48.5 Å². The largest absolute Gasteiger partial charge is 0.492 e. The van der Waals surface area contributed by atoms with Crippen LogP contribution in [0.4, 0.5) is 5.69 Å². The van der Waals surface area contributed by atoms with E-state index in [2.05, 4.69) is 17.0 Å². The number of benzene rings is 2. The number of rotatable bonds is 9. The first-order valence-corrected chi connectivity index (χ1v) is 10.3. The van der Waals surface area contributed by atoms with Gasteiger partial charge in [-0.05, 0) is 42.3 Å². The number of hydrogen-bond donors (Lipinski definition) is 2. The average Bonchev–Trinajstić information content (AvgIpc) is 2.59.